The predicted octanol–water partition coefficient (Wildman–Crippen LogP) is 4.04. The number of fused-ring (bicyclic) bond motifs is 1. The van der Waals surface area contributed by atoms with Gasteiger partial charge in [0.05, 0.1) is 25.0 Å². The molecule has 0 saturated heterocycles. The van der Waals surface area contributed by atoms with Gasteiger partial charge in [-0.3, -0.25) is 0 Å². The second-order valence-corrected chi connectivity index (χ2v) is 6.65. The first-order chi connectivity index (χ1) is 12.0. The van der Waals surface area contributed by atoms with Gasteiger partial charge in [-0.2, -0.15) is 0 Å². The molecule has 130 valence electrons. The van der Waals surface area contributed by atoms with Gasteiger partial charge in [0.2, 0.25) is 0 Å². The first kappa shape index (κ1) is 17.3. The van der Waals surface area contributed by atoms with Crippen molar-refractivity contribution in [1.82, 2.24) is 14.7 Å². The lowest BCUT2D eigenvalue weighted by molar-refractivity contribution is 0.251. The molecule has 0 aliphatic rings. The summed E-state index contributed by atoms with van der Waals surface area (Å²) in [4.78, 5) is 16.8. The van der Waals surface area contributed by atoms with Gasteiger partial charge < -0.3 is 19.8 Å². The maximum absolute atomic E-state index is 12.2. The van der Waals surface area contributed by atoms with Crippen LogP contribution in [0.4, 0.5) is 10.5 Å². The van der Waals surface area contributed by atoms with Crippen molar-refractivity contribution in [2.24, 2.45) is 0 Å². The summed E-state index contributed by atoms with van der Waals surface area (Å²) < 4.78 is 8.23. The van der Waals surface area contributed by atoms with Crippen LogP contribution in [-0.2, 0) is 6.54 Å². The minimum Gasteiger partial charge on any atom is -0.495 e. The van der Waals surface area contributed by atoms with Crippen molar-refractivity contribution in [2.45, 2.75) is 20.4 Å². The van der Waals surface area contributed by atoms with E-state index >= 15 is 0 Å². The van der Waals surface area contributed by atoms with Gasteiger partial charge in [-0.1, -0.05) is 22.0 Å². The highest BCUT2D eigenvalue weighted by Crippen LogP contribution is 2.31. The number of benzene rings is 1. The summed E-state index contributed by atoms with van der Waals surface area (Å²) in [5.74, 6) is 0.602. The number of hydrogen-bond donors (Lipinski definition) is 2. The van der Waals surface area contributed by atoms with Crippen LogP contribution in [0.1, 0.15) is 17.0 Å². The lowest BCUT2D eigenvalue weighted by Gasteiger charge is -2.14. The van der Waals surface area contributed by atoms with E-state index in [1.807, 2.05) is 54.8 Å². The molecular weight excluding hydrogens is 384 g/mol. The molecule has 0 bridgehead atoms. The summed E-state index contributed by atoms with van der Waals surface area (Å²) in [5.41, 5.74) is 4.31. The number of hydrogen-bond acceptors (Lipinski definition) is 3. The Balaban J connectivity index is 1.70. The molecule has 0 spiro atoms. The van der Waals surface area contributed by atoms with Gasteiger partial charge >= 0.3 is 6.03 Å². The minimum absolute atomic E-state index is 0.308. The van der Waals surface area contributed by atoms with Crippen molar-refractivity contribution in [3.05, 3.63) is 58.0 Å². The van der Waals surface area contributed by atoms with E-state index < -0.39 is 0 Å². The van der Waals surface area contributed by atoms with Crippen LogP contribution in [0.2, 0.25) is 0 Å². The Labute approximate surface area is 154 Å². The zero-order chi connectivity index (χ0) is 18.0. The number of ether oxygens (including phenoxy) is 1. The zero-order valence-electron chi connectivity index (χ0n) is 14.3. The number of imidazole rings is 1. The quantitative estimate of drug-likeness (QED) is 0.691. The molecule has 6 nitrogen and oxygen atoms in total. The highest BCUT2D eigenvalue weighted by Gasteiger charge is 2.12. The zero-order valence-corrected chi connectivity index (χ0v) is 15.8. The average Bonchev–Trinajstić information content (AvgIpc) is 3.00. The smallest absolute Gasteiger partial charge is 0.319 e. The highest BCUT2D eigenvalue weighted by atomic mass is 79.9. The molecule has 2 N–H and O–H groups in total. The van der Waals surface area contributed by atoms with Crippen LogP contribution in [0.3, 0.4) is 0 Å². The highest BCUT2D eigenvalue weighted by molar-refractivity contribution is 9.10. The first-order valence-electron chi connectivity index (χ1n) is 7.80. The van der Waals surface area contributed by atoms with E-state index in [1.165, 1.54) is 0 Å². The second kappa shape index (κ2) is 7.14. The fourth-order valence-electron chi connectivity index (χ4n) is 2.65. The van der Waals surface area contributed by atoms with Crippen molar-refractivity contribution in [1.29, 1.82) is 0 Å². The van der Waals surface area contributed by atoms with E-state index in [1.54, 1.807) is 7.11 Å². The van der Waals surface area contributed by atoms with Crippen LogP contribution in [0.15, 0.2) is 41.0 Å². The normalized spacial score (nSPS) is 10.7. The van der Waals surface area contributed by atoms with E-state index in [2.05, 4.69) is 31.5 Å². The van der Waals surface area contributed by atoms with Crippen LogP contribution in [-0.4, -0.2) is 22.5 Å². The number of nitrogens with zero attached hydrogens (tertiary/aromatic N) is 2. The molecule has 0 saturated carbocycles. The van der Waals surface area contributed by atoms with Crippen molar-refractivity contribution >= 4 is 33.3 Å². The van der Waals surface area contributed by atoms with Crippen LogP contribution in [0.25, 0.3) is 5.65 Å². The topological polar surface area (TPSA) is 67.7 Å². The van der Waals surface area contributed by atoms with Gasteiger partial charge in [0, 0.05) is 16.4 Å². The lowest BCUT2D eigenvalue weighted by atomic mass is 10.2. The Bertz CT molecular complexity index is 936. The van der Waals surface area contributed by atoms with Crippen LogP contribution < -0.4 is 15.4 Å². The number of amides is 2. The number of aromatic nitrogens is 2. The van der Waals surface area contributed by atoms with E-state index in [0.29, 0.717) is 18.0 Å². The number of aryl methyl sites for hydroxylation is 2. The SMILES string of the molecule is COc1cc(Br)cc(C)c1NC(=O)NCc1cn2c(C)cccc2n1. The van der Waals surface area contributed by atoms with Gasteiger partial charge in [0.15, 0.2) is 0 Å². The molecule has 0 atom stereocenters. The molecule has 0 radical (unpaired) electrons. The maximum atomic E-state index is 12.2. The van der Waals surface area contributed by atoms with E-state index in [-0.39, 0.29) is 6.03 Å². The van der Waals surface area contributed by atoms with Crippen LogP contribution in [0.5, 0.6) is 5.75 Å². The third-order valence-electron chi connectivity index (χ3n) is 3.90. The summed E-state index contributed by atoms with van der Waals surface area (Å²) in [6.07, 6.45) is 1.93. The molecule has 0 unspecified atom stereocenters. The monoisotopic (exact) mass is 402 g/mol. The second-order valence-electron chi connectivity index (χ2n) is 5.74. The molecule has 0 aliphatic carbocycles. The van der Waals surface area contributed by atoms with Gasteiger partial charge in [-0.25, -0.2) is 9.78 Å². The molecule has 0 aliphatic heterocycles. The number of anilines is 1. The fourth-order valence-corrected chi connectivity index (χ4v) is 3.20. The van der Waals surface area contributed by atoms with E-state index in [0.717, 1.165) is 27.1 Å². The van der Waals surface area contributed by atoms with Gasteiger partial charge in [-0.05, 0) is 43.7 Å². The number of nitrogens with one attached hydrogen (secondary N) is 2. The summed E-state index contributed by atoms with van der Waals surface area (Å²) >= 11 is 3.42. The molecule has 2 amide bonds. The summed E-state index contributed by atoms with van der Waals surface area (Å²) in [5, 5.41) is 5.67. The van der Waals surface area contributed by atoms with Gasteiger partial charge in [0.25, 0.3) is 0 Å². The number of halogens is 1. The molecule has 3 aromatic rings. The van der Waals surface area contributed by atoms with Gasteiger partial charge in [0.1, 0.15) is 11.4 Å². The molecule has 2 aromatic heterocycles. The van der Waals surface area contributed by atoms with Crippen LogP contribution >= 0.6 is 15.9 Å². The molecule has 25 heavy (non-hydrogen) atoms. The maximum Gasteiger partial charge on any atom is 0.319 e. The molecular formula is C18H19BrN4O2. The Kier molecular flexibility index (Phi) is 4.94. The van der Waals surface area contributed by atoms with Crippen molar-refractivity contribution in [3.63, 3.8) is 0 Å². The van der Waals surface area contributed by atoms with Crippen molar-refractivity contribution in [3.8, 4) is 5.75 Å². The molecule has 0 fully saturated rings. The summed E-state index contributed by atoms with van der Waals surface area (Å²) in [6, 6.07) is 9.34. The van der Waals surface area contributed by atoms with E-state index in [9.17, 15) is 4.79 Å². The number of urea groups is 1. The number of pyridine rings is 1. The van der Waals surface area contributed by atoms with Gasteiger partial charge in [-0.15, -0.1) is 0 Å². The lowest BCUT2D eigenvalue weighted by Crippen LogP contribution is -2.28. The fraction of sp³-hybridized carbons (Fsp3) is 0.222. The first-order valence-corrected chi connectivity index (χ1v) is 8.60. The van der Waals surface area contributed by atoms with Crippen LogP contribution in [0, 0.1) is 13.8 Å². The third-order valence-corrected chi connectivity index (χ3v) is 4.36. The van der Waals surface area contributed by atoms with Crippen molar-refractivity contribution in [2.75, 3.05) is 12.4 Å². The Hall–Kier alpha value is -2.54. The Morgan fingerprint density at radius 3 is 2.84 bits per heavy atom. The molecule has 7 heteroatoms. The standard InChI is InChI=1S/C18H19BrN4O2/c1-11-7-13(19)8-15(25-3)17(11)22-18(24)20-9-14-10-23-12(2)5-4-6-16(23)21-14/h4-8,10H,9H2,1-3H3,(H2,20,22,24). The Morgan fingerprint density at radius 1 is 1.32 bits per heavy atom. The molecule has 2 heterocycles. The number of carbonyl (C=O) groups excluding carboxylic acids is 1. The summed E-state index contributed by atoms with van der Waals surface area (Å²) in [7, 11) is 1.57. The molecule has 1 aromatic carbocycles. The number of rotatable bonds is 4. The van der Waals surface area contributed by atoms with E-state index in [4.69, 9.17) is 4.74 Å². The Morgan fingerprint density at radius 2 is 2.12 bits per heavy atom. The molecule has 3 rings (SSSR count). The number of carbonyl (C=O) groups is 1. The largest absolute Gasteiger partial charge is 0.495 e. The average molecular weight is 403 g/mol. The predicted molar refractivity (Wildman–Crippen MR) is 101 cm³/mol. The summed E-state index contributed by atoms with van der Waals surface area (Å²) in [6.45, 7) is 4.26. The van der Waals surface area contributed by atoms with Crippen molar-refractivity contribution < 1.29 is 9.53 Å². The minimum atomic E-state index is -0.308. The third kappa shape index (κ3) is 3.76. The number of methoxy groups -OCH3 is 1.